The maximum absolute atomic E-state index is 12.6. The van der Waals surface area contributed by atoms with Crippen molar-refractivity contribution in [3.63, 3.8) is 0 Å². The maximum Gasteiger partial charge on any atom is 0.256 e. The van der Waals surface area contributed by atoms with E-state index in [-0.39, 0.29) is 17.7 Å². The Morgan fingerprint density at radius 2 is 1.79 bits per heavy atom. The van der Waals surface area contributed by atoms with Gasteiger partial charge in [0.1, 0.15) is 0 Å². The first-order valence-corrected chi connectivity index (χ1v) is 10.3. The summed E-state index contributed by atoms with van der Waals surface area (Å²) >= 11 is 0. The summed E-state index contributed by atoms with van der Waals surface area (Å²) in [5.41, 5.74) is 1.14. The number of rotatable bonds is 7. The molecule has 6 nitrogen and oxygen atoms in total. The first-order chi connectivity index (χ1) is 14.0. The molecule has 0 radical (unpaired) electrons. The third-order valence-electron chi connectivity index (χ3n) is 5.14. The van der Waals surface area contributed by atoms with Crippen LogP contribution in [0.1, 0.15) is 56.3 Å². The van der Waals surface area contributed by atoms with Gasteiger partial charge < -0.3 is 15.4 Å². The highest BCUT2D eigenvalue weighted by molar-refractivity contribution is 6.04. The number of carbonyl (C=O) groups is 2. The zero-order chi connectivity index (χ0) is 20.6. The van der Waals surface area contributed by atoms with E-state index in [1.165, 1.54) is 32.1 Å². The minimum Gasteiger partial charge on any atom is -0.489 e. The number of ether oxygens (including phenoxy) is 1. The highest BCUT2D eigenvalue weighted by Gasteiger charge is 2.16. The van der Waals surface area contributed by atoms with Gasteiger partial charge in [0.15, 0.2) is 11.6 Å². The second kappa shape index (κ2) is 10.0. The fourth-order valence-electron chi connectivity index (χ4n) is 3.33. The average molecular weight is 396 g/mol. The van der Waals surface area contributed by atoms with Gasteiger partial charge in [0.25, 0.3) is 5.91 Å². The van der Waals surface area contributed by atoms with E-state index in [1.807, 2.05) is 19.9 Å². The molecule has 0 aliphatic heterocycles. The third-order valence-corrected chi connectivity index (χ3v) is 5.14. The summed E-state index contributed by atoms with van der Waals surface area (Å²) in [6.45, 7) is 4.31. The van der Waals surface area contributed by atoms with Crippen molar-refractivity contribution in [3.8, 4) is 5.75 Å². The predicted octanol–water partition coefficient (Wildman–Crippen LogP) is 4.89. The van der Waals surface area contributed by atoms with Crippen molar-refractivity contribution in [2.75, 3.05) is 17.2 Å². The zero-order valence-electron chi connectivity index (χ0n) is 17.1. The average Bonchev–Trinajstić information content (AvgIpc) is 2.74. The quantitative estimate of drug-likeness (QED) is 0.700. The molecule has 1 aromatic carbocycles. The molecule has 1 aromatic heterocycles. The molecule has 0 unspecified atom stereocenters. The fraction of sp³-hybridized carbons (Fsp3) is 0.435. The molecule has 3 rings (SSSR count). The smallest absolute Gasteiger partial charge is 0.256 e. The SMILES string of the molecule is CC(C)C(=O)Nc1ccc(C(=O)Nc2ncccc2OCC2CCCCC2)cc1. The summed E-state index contributed by atoms with van der Waals surface area (Å²) in [4.78, 5) is 28.7. The standard InChI is InChI=1S/C23H29N3O3/c1-16(2)22(27)25-19-12-10-18(11-13-19)23(28)26-21-20(9-6-14-24-21)29-15-17-7-4-3-5-8-17/h6,9-14,16-17H,3-5,7-8,15H2,1-2H3,(H,25,27)(H,24,26,28). The predicted molar refractivity (Wildman–Crippen MR) is 114 cm³/mol. The minimum atomic E-state index is -0.270. The molecular weight excluding hydrogens is 366 g/mol. The normalized spacial score (nSPS) is 14.4. The van der Waals surface area contributed by atoms with Crippen LogP contribution in [0.2, 0.25) is 0 Å². The number of hydrogen-bond acceptors (Lipinski definition) is 4. The Morgan fingerprint density at radius 1 is 1.07 bits per heavy atom. The lowest BCUT2D eigenvalue weighted by Gasteiger charge is -2.22. The molecule has 1 fully saturated rings. The topological polar surface area (TPSA) is 80.3 Å². The second-order valence-corrected chi connectivity index (χ2v) is 7.84. The Morgan fingerprint density at radius 3 is 2.48 bits per heavy atom. The largest absolute Gasteiger partial charge is 0.489 e. The number of anilines is 2. The monoisotopic (exact) mass is 395 g/mol. The number of pyridine rings is 1. The van der Waals surface area contributed by atoms with Crippen LogP contribution in [0.15, 0.2) is 42.6 Å². The number of carbonyl (C=O) groups excluding carboxylic acids is 2. The van der Waals surface area contributed by atoms with Gasteiger partial charge >= 0.3 is 0 Å². The fourth-order valence-corrected chi connectivity index (χ4v) is 3.33. The molecule has 2 amide bonds. The molecule has 154 valence electrons. The number of nitrogens with one attached hydrogen (secondary N) is 2. The second-order valence-electron chi connectivity index (χ2n) is 7.84. The molecule has 6 heteroatoms. The molecule has 0 spiro atoms. The number of nitrogens with zero attached hydrogens (tertiary/aromatic N) is 1. The number of benzene rings is 1. The van der Waals surface area contributed by atoms with Crippen molar-refractivity contribution in [1.82, 2.24) is 4.98 Å². The van der Waals surface area contributed by atoms with Crippen molar-refractivity contribution in [3.05, 3.63) is 48.2 Å². The van der Waals surface area contributed by atoms with Crippen LogP contribution in [-0.4, -0.2) is 23.4 Å². The summed E-state index contributed by atoms with van der Waals surface area (Å²) in [6.07, 6.45) is 7.86. The molecule has 0 saturated heterocycles. The Balaban J connectivity index is 1.60. The van der Waals surface area contributed by atoms with Gasteiger partial charge in [-0.2, -0.15) is 0 Å². The van der Waals surface area contributed by atoms with Gasteiger partial charge in [0.05, 0.1) is 6.61 Å². The summed E-state index contributed by atoms with van der Waals surface area (Å²) < 4.78 is 5.97. The Labute approximate surface area is 172 Å². The first-order valence-electron chi connectivity index (χ1n) is 10.3. The van der Waals surface area contributed by atoms with Gasteiger partial charge in [-0.25, -0.2) is 4.98 Å². The summed E-state index contributed by atoms with van der Waals surface area (Å²) in [5, 5.41) is 5.64. The van der Waals surface area contributed by atoms with Crippen LogP contribution >= 0.6 is 0 Å². The molecule has 0 bridgehead atoms. The van der Waals surface area contributed by atoms with E-state index < -0.39 is 0 Å². The maximum atomic E-state index is 12.6. The van der Waals surface area contributed by atoms with E-state index in [0.717, 1.165) is 0 Å². The van der Waals surface area contributed by atoms with Gasteiger partial charge in [0, 0.05) is 23.4 Å². The molecule has 1 aliphatic rings. The molecule has 2 N–H and O–H groups in total. The number of amides is 2. The van der Waals surface area contributed by atoms with Crippen molar-refractivity contribution >= 4 is 23.3 Å². The van der Waals surface area contributed by atoms with E-state index in [9.17, 15) is 9.59 Å². The van der Waals surface area contributed by atoms with Gasteiger partial charge in [-0.3, -0.25) is 9.59 Å². The third kappa shape index (κ3) is 6.04. The highest BCUT2D eigenvalue weighted by atomic mass is 16.5. The van der Waals surface area contributed by atoms with Gasteiger partial charge in [-0.1, -0.05) is 33.1 Å². The van der Waals surface area contributed by atoms with E-state index in [2.05, 4.69) is 15.6 Å². The highest BCUT2D eigenvalue weighted by Crippen LogP contribution is 2.27. The summed E-state index contributed by atoms with van der Waals surface area (Å²) in [7, 11) is 0. The molecular formula is C23H29N3O3. The number of hydrogen-bond donors (Lipinski definition) is 2. The number of aromatic nitrogens is 1. The van der Waals surface area contributed by atoms with E-state index in [0.29, 0.717) is 35.3 Å². The van der Waals surface area contributed by atoms with Crippen molar-refractivity contribution in [2.45, 2.75) is 46.0 Å². The van der Waals surface area contributed by atoms with Crippen LogP contribution < -0.4 is 15.4 Å². The zero-order valence-corrected chi connectivity index (χ0v) is 17.1. The lowest BCUT2D eigenvalue weighted by Crippen LogP contribution is -2.18. The molecule has 2 aromatic rings. The first kappa shape index (κ1) is 20.8. The Kier molecular flexibility index (Phi) is 7.22. The lowest BCUT2D eigenvalue weighted by molar-refractivity contribution is -0.118. The van der Waals surface area contributed by atoms with Crippen molar-refractivity contribution in [1.29, 1.82) is 0 Å². The molecule has 1 heterocycles. The van der Waals surface area contributed by atoms with E-state index in [1.54, 1.807) is 36.5 Å². The van der Waals surface area contributed by atoms with Gasteiger partial charge in [-0.05, 0) is 55.2 Å². The molecule has 29 heavy (non-hydrogen) atoms. The van der Waals surface area contributed by atoms with Crippen molar-refractivity contribution < 1.29 is 14.3 Å². The van der Waals surface area contributed by atoms with Gasteiger partial charge in [-0.15, -0.1) is 0 Å². The lowest BCUT2D eigenvalue weighted by atomic mass is 9.90. The van der Waals surface area contributed by atoms with Crippen LogP contribution in [0.3, 0.4) is 0 Å². The van der Waals surface area contributed by atoms with Crippen LogP contribution in [0, 0.1) is 11.8 Å². The molecule has 1 saturated carbocycles. The van der Waals surface area contributed by atoms with Crippen LogP contribution in [0.4, 0.5) is 11.5 Å². The Hall–Kier alpha value is -2.89. The van der Waals surface area contributed by atoms with Crippen LogP contribution in [-0.2, 0) is 4.79 Å². The summed E-state index contributed by atoms with van der Waals surface area (Å²) in [5.74, 6) is 1.15. The van der Waals surface area contributed by atoms with Gasteiger partial charge in [0.2, 0.25) is 5.91 Å². The molecule has 1 aliphatic carbocycles. The van der Waals surface area contributed by atoms with E-state index in [4.69, 9.17) is 4.74 Å². The Bertz CT molecular complexity index is 828. The minimum absolute atomic E-state index is 0.0598. The van der Waals surface area contributed by atoms with E-state index >= 15 is 0 Å². The van der Waals surface area contributed by atoms with Crippen LogP contribution in [0.25, 0.3) is 0 Å². The van der Waals surface area contributed by atoms with Crippen LogP contribution in [0.5, 0.6) is 5.75 Å². The molecule has 0 atom stereocenters. The summed E-state index contributed by atoms with van der Waals surface area (Å²) in [6, 6.07) is 10.4. The van der Waals surface area contributed by atoms with Crippen molar-refractivity contribution in [2.24, 2.45) is 11.8 Å².